The molecule has 0 aromatic carbocycles. The third-order valence-corrected chi connectivity index (χ3v) is 7.51. The minimum atomic E-state index is -4.68. The van der Waals surface area contributed by atoms with Crippen LogP contribution in [0.4, 0.5) is 13.2 Å². The zero-order chi connectivity index (χ0) is 21.6. The Balaban J connectivity index is 2.29. The fourth-order valence-electron chi connectivity index (χ4n) is 2.50. The third-order valence-electron chi connectivity index (χ3n) is 4.12. The normalized spacial score (nSPS) is 13.1. The molecule has 0 aliphatic carbocycles. The fraction of sp³-hybridized carbons (Fsp3) is 0.312. The Kier molecular flexibility index (Phi) is 5.15. The quantitative estimate of drug-likeness (QED) is 0.589. The molecule has 0 spiro atoms. The lowest BCUT2D eigenvalue weighted by Gasteiger charge is -2.09. The van der Waals surface area contributed by atoms with Crippen LogP contribution in [0.25, 0.3) is 17.0 Å². The van der Waals surface area contributed by atoms with Gasteiger partial charge in [0.1, 0.15) is 11.4 Å². The van der Waals surface area contributed by atoms with Crippen molar-refractivity contribution in [2.24, 2.45) is 0 Å². The second kappa shape index (κ2) is 7.06. The number of sulfone groups is 2. The summed E-state index contributed by atoms with van der Waals surface area (Å²) >= 11 is 0. The lowest BCUT2D eigenvalue weighted by Crippen LogP contribution is -2.11. The van der Waals surface area contributed by atoms with Crippen molar-refractivity contribution in [3.63, 3.8) is 0 Å². The first-order valence-corrected chi connectivity index (χ1v) is 11.6. The number of nitrogens with zero attached hydrogens (tertiary/aromatic N) is 4. The average Bonchev–Trinajstić information content (AvgIpc) is 3.10. The molecule has 3 aromatic rings. The summed E-state index contributed by atoms with van der Waals surface area (Å²) in [4.78, 5) is 11.1. The Morgan fingerprint density at radius 3 is 2.21 bits per heavy atom. The number of hydrogen-bond donors (Lipinski definition) is 0. The van der Waals surface area contributed by atoms with Gasteiger partial charge in [-0.25, -0.2) is 31.8 Å². The van der Waals surface area contributed by atoms with Gasteiger partial charge in [-0.05, 0) is 12.1 Å². The highest BCUT2D eigenvalue weighted by atomic mass is 32.2. The van der Waals surface area contributed by atoms with Gasteiger partial charge >= 0.3 is 6.18 Å². The molecule has 0 amide bonds. The summed E-state index contributed by atoms with van der Waals surface area (Å²) in [6.07, 6.45) is -1.95. The fourth-order valence-corrected chi connectivity index (χ4v) is 4.33. The Morgan fingerprint density at radius 1 is 0.966 bits per heavy atom. The molecule has 8 nitrogen and oxygen atoms in total. The molecular weight excluding hydrogens is 433 g/mol. The van der Waals surface area contributed by atoms with E-state index in [4.69, 9.17) is 0 Å². The highest BCUT2D eigenvalue weighted by molar-refractivity contribution is 7.91. The maximum Gasteiger partial charge on any atom is 0.434 e. The van der Waals surface area contributed by atoms with Crippen molar-refractivity contribution in [2.45, 2.75) is 29.9 Å². The van der Waals surface area contributed by atoms with Crippen molar-refractivity contribution in [1.82, 2.24) is 19.4 Å². The van der Waals surface area contributed by atoms with Crippen LogP contribution < -0.4 is 0 Å². The van der Waals surface area contributed by atoms with E-state index >= 15 is 0 Å². The second-order valence-electron chi connectivity index (χ2n) is 5.96. The molecule has 3 rings (SSSR count). The number of halogens is 3. The lowest BCUT2D eigenvalue weighted by molar-refractivity contribution is -0.141. The summed E-state index contributed by atoms with van der Waals surface area (Å²) in [5, 5.41) is -0.351. The third kappa shape index (κ3) is 3.96. The highest BCUT2D eigenvalue weighted by Crippen LogP contribution is 2.30. The number of aromatic nitrogens is 4. The van der Waals surface area contributed by atoms with E-state index in [1.807, 2.05) is 0 Å². The predicted octanol–water partition coefficient (Wildman–Crippen LogP) is 2.40. The van der Waals surface area contributed by atoms with Crippen LogP contribution in [-0.2, 0) is 25.9 Å². The smallest absolute Gasteiger partial charge is 0.303 e. The molecule has 0 saturated heterocycles. The van der Waals surface area contributed by atoms with E-state index in [-0.39, 0.29) is 38.5 Å². The first-order chi connectivity index (χ1) is 13.4. The molecule has 0 atom stereocenters. The standard InChI is InChI=1S/C16H15F3N4O4S2/c1-3-28(24,25)11-5-6-14(29(26,27)4-2)22-15(11)10-8-23-9-12(16(17,18)19)20-7-13(23)21-10/h5-9H,3-4H2,1-2H3. The molecule has 0 fully saturated rings. The summed E-state index contributed by atoms with van der Waals surface area (Å²) < 4.78 is 88.9. The zero-order valence-corrected chi connectivity index (χ0v) is 16.8. The van der Waals surface area contributed by atoms with E-state index < -0.39 is 31.5 Å². The van der Waals surface area contributed by atoms with Crippen molar-refractivity contribution < 1.29 is 30.0 Å². The predicted molar refractivity (Wildman–Crippen MR) is 96.7 cm³/mol. The molecule has 0 saturated carbocycles. The van der Waals surface area contributed by atoms with Crippen LogP contribution in [0.2, 0.25) is 0 Å². The van der Waals surface area contributed by atoms with Gasteiger partial charge in [-0.1, -0.05) is 13.8 Å². The molecule has 0 aliphatic heterocycles. The van der Waals surface area contributed by atoms with Gasteiger partial charge in [0, 0.05) is 12.4 Å². The zero-order valence-electron chi connectivity index (χ0n) is 15.2. The molecule has 156 valence electrons. The number of imidazole rings is 1. The monoisotopic (exact) mass is 448 g/mol. The molecule has 3 aromatic heterocycles. The van der Waals surface area contributed by atoms with Crippen molar-refractivity contribution in [2.75, 3.05) is 11.5 Å². The Labute approximate surface area is 164 Å². The first kappa shape index (κ1) is 21.2. The summed E-state index contributed by atoms with van der Waals surface area (Å²) in [7, 11) is -7.57. The van der Waals surface area contributed by atoms with Gasteiger partial charge in [0.05, 0.1) is 22.6 Å². The van der Waals surface area contributed by atoms with Crippen LogP contribution in [-0.4, -0.2) is 47.7 Å². The first-order valence-electron chi connectivity index (χ1n) is 8.28. The van der Waals surface area contributed by atoms with Crippen LogP contribution in [0.5, 0.6) is 0 Å². The minimum absolute atomic E-state index is 0.0124. The van der Waals surface area contributed by atoms with Gasteiger partial charge in [-0.2, -0.15) is 13.2 Å². The van der Waals surface area contributed by atoms with Crippen LogP contribution in [0, 0.1) is 0 Å². The molecule has 13 heteroatoms. The Morgan fingerprint density at radius 2 is 1.62 bits per heavy atom. The van der Waals surface area contributed by atoms with E-state index in [0.717, 1.165) is 28.9 Å². The SMILES string of the molecule is CCS(=O)(=O)c1ccc(S(=O)(=O)CC)c(-c2cn3cc(C(F)(F)F)ncc3n2)n1. The molecule has 0 unspecified atom stereocenters. The summed E-state index contributed by atoms with van der Waals surface area (Å²) in [5.74, 6) is -0.544. The van der Waals surface area contributed by atoms with E-state index in [2.05, 4.69) is 15.0 Å². The number of rotatable bonds is 5. The second-order valence-corrected chi connectivity index (χ2v) is 10.4. The number of fused-ring (bicyclic) bond motifs is 1. The highest BCUT2D eigenvalue weighted by Gasteiger charge is 2.33. The van der Waals surface area contributed by atoms with Crippen LogP contribution in [0.3, 0.4) is 0 Å². The molecule has 3 heterocycles. The van der Waals surface area contributed by atoms with Gasteiger partial charge in [-0.3, -0.25) is 0 Å². The maximum atomic E-state index is 12.9. The Bertz CT molecular complexity index is 1300. The topological polar surface area (TPSA) is 111 Å². The van der Waals surface area contributed by atoms with Crippen LogP contribution in [0.15, 0.2) is 40.6 Å². The molecule has 0 radical (unpaired) electrons. The largest absolute Gasteiger partial charge is 0.434 e. The molecule has 0 aliphatic rings. The van der Waals surface area contributed by atoms with E-state index in [9.17, 15) is 30.0 Å². The van der Waals surface area contributed by atoms with Gasteiger partial charge in [0.25, 0.3) is 0 Å². The summed E-state index contributed by atoms with van der Waals surface area (Å²) in [6.45, 7) is 2.81. The van der Waals surface area contributed by atoms with E-state index in [1.54, 1.807) is 0 Å². The summed E-state index contributed by atoms with van der Waals surface area (Å²) in [6, 6.07) is 2.21. The minimum Gasteiger partial charge on any atom is -0.303 e. The van der Waals surface area contributed by atoms with E-state index in [0.29, 0.717) is 6.20 Å². The molecule has 29 heavy (non-hydrogen) atoms. The molecule has 0 N–H and O–H groups in total. The van der Waals surface area contributed by atoms with Crippen LogP contribution >= 0.6 is 0 Å². The van der Waals surface area contributed by atoms with Gasteiger partial charge in [-0.15, -0.1) is 0 Å². The Hall–Kier alpha value is -2.54. The lowest BCUT2D eigenvalue weighted by atomic mass is 10.3. The number of hydrogen-bond acceptors (Lipinski definition) is 7. The van der Waals surface area contributed by atoms with E-state index in [1.165, 1.54) is 13.8 Å². The van der Waals surface area contributed by atoms with Gasteiger partial charge < -0.3 is 4.40 Å². The van der Waals surface area contributed by atoms with Crippen molar-refractivity contribution in [3.8, 4) is 11.4 Å². The number of pyridine rings is 1. The maximum absolute atomic E-state index is 12.9. The average molecular weight is 448 g/mol. The van der Waals surface area contributed by atoms with Crippen LogP contribution in [0.1, 0.15) is 19.5 Å². The molecule has 0 bridgehead atoms. The molecular formula is C16H15F3N4O4S2. The van der Waals surface area contributed by atoms with Gasteiger partial charge in [0.2, 0.25) is 0 Å². The van der Waals surface area contributed by atoms with Crippen molar-refractivity contribution >= 4 is 25.3 Å². The van der Waals surface area contributed by atoms with Crippen molar-refractivity contribution in [3.05, 3.63) is 36.4 Å². The van der Waals surface area contributed by atoms with Gasteiger partial charge in [0.15, 0.2) is 36.0 Å². The number of alkyl halides is 3. The van der Waals surface area contributed by atoms with Crippen molar-refractivity contribution in [1.29, 1.82) is 0 Å². The summed E-state index contributed by atoms with van der Waals surface area (Å²) in [5.41, 5.74) is -1.49.